The highest BCUT2D eigenvalue weighted by Crippen LogP contribution is 2.34. The van der Waals surface area contributed by atoms with Crippen molar-refractivity contribution in [2.24, 2.45) is 0 Å². The van der Waals surface area contributed by atoms with Crippen molar-refractivity contribution in [1.82, 2.24) is 9.97 Å². The first kappa shape index (κ1) is 13.3. The summed E-state index contributed by atoms with van der Waals surface area (Å²) >= 11 is 0. The number of fused-ring (bicyclic) bond motifs is 1. The highest BCUT2D eigenvalue weighted by Gasteiger charge is 2.15. The summed E-state index contributed by atoms with van der Waals surface area (Å²) in [5, 5.41) is 1.86. The van der Waals surface area contributed by atoms with E-state index < -0.39 is 11.4 Å². The van der Waals surface area contributed by atoms with Gasteiger partial charge in [0.25, 0.3) is 5.56 Å². The minimum atomic E-state index is -0.863. The number of nitrogens with one attached hydrogen (secondary N) is 1. The minimum Gasteiger partial charge on any atom is -0.496 e. The van der Waals surface area contributed by atoms with Crippen molar-refractivity contribution >= 4 is 10.8 Å². The van der Waals surface area contributed by atoms with E-state index in [1.807, 2.05) is 30.3 Å². The van der Waals surface area contributed by atoms with E-state index in [1.165, 1.54) is 6.92 Å². The number of benzene rings is 2. The molecule has 2 aromatic carbocycles. The maximum atomic E-state index is 13.5. The van der Waals surface area contributed by atoms with Crippen molar-refractivity contribution in [2.75, 3.05) is 7.11 Å². The molecule has 0 fully saturated rings. The first-order valence-corrected chi connectivity index (χ1v) is 6.44. The van der Waals surface area contributed by atoms with E-state index in [1.54, 1.807) is 13.2 Å². The predicted octanol–water partition coefficient (Wildman–Crippen LogP) is 3.05. The molecule has 5 heteroatoms. The Balaban J connectivity index is 2.41. The molecular formula is C16H13FN2O2. The minimum absolute atomic E-state index is 0.0590. The molecule has 0 saturated carbocycles. The zero-order valence-corrected chi connectivity index (χ0v) is 11.6. The van der Waals surface area contributed by atoms with Crippen LogP contribution in [-0.4, -0.2) is 17.1 Å². The van der Waals surface area contributed by atoms with Gasteiger partial charge in [0.05, 0.1) is 18.4 Å². The van der Waals surface area contributed by atoms with Gasteiger partial charge in [0.2, 0.25) is 5.82 Å². The molecule has 1 N–H and O–H groups in total. The number of H-pyrrole nitrogens is 1. The van der Waals surface area contributed by atoms with Gasteiger partial charge in [0, 0.05) is 0 Å². The van der Waals surface area contributed by atoms with Crippen LogP contribution in [0.25, 0.3) is 22.2 Å². The summed E-state index contributed by atoms with van der Waals surface area (Å²) in [6, 6.07) is 11.4. The average Bonchev–Trinajstić information content (AvgIpc) is 2.51. The van der Waals surface area contributed by atoms with Gasteiger partial charge < -0.3 is 9.72 Å². The van der Waals surface area contributed by atoms with Gasteiger partial charge in [-0.1, -0.05) is 30.3 Å². The number of halogens is 1. The van der Waals surface area contributed by atoms with Crippen LogP contribution in [0.3, 0.4) is 0 Å². The third-order valence-electron chi connectivity index (χ3n) is 3.38. The smallest absolute Gasteiger partial charge is 0.287 e. The first-order valence-electron chi connectivity index (χ1n) is 6.44. The van der Waals surface area contributed by atoms with E-state index in [0.717, 1.165) is 10.8 Å². The lowest BCUT2D eigenvalue weighted by Crippen LogP contribution is -2.15. The van der Waals surface area contributed by atoms with Crippen molar-refractivity contribution < 1.29 is 9.13 Å². The van der Waals surface area contributed by atoms with Crippen molar-refractivity contribution in [3.05, 3.63) is 58.3 Å². The number of nitrogens with zero attached hydrogens (tertiary/aromatic N) is 1. The normalized spacial score (nSPS) is 10.8. The maximum absolute atomic E-state index is 13.5. The fourth-order valence-corrected chi connectivity index (χ4v) is 2.36. The van der Waals surface area contributed by atoms with Crippen molar-refractivity contribution in [2.45, 2.75) is 6.92 Å². The van der Waals surface area contributed by atoms with E-state index in [2.05, 4.69) is 9.97 Å². The molecule has 0 bridgehead atoms. The van der Waals surface area contributed by atoms with Gasteiger partial charge in [0.1, 0.15) is 11.6 Å². The van der Waals surface area contributed by atoms with E-state index in [4.69, 9.17) is 4.74 Å². The number of aryl methyl sites for hydroxylation is 1. The van der Waals surface area contributed by atoms with Gasteiger partial charge >= 0.3 is 0 Å². The zero-order chi connectivity index (χ0) is 15.0. The number of aromatic nitrogens is 2. The molecule has 3 rings (SSSR count). The second-order valence-corrected chi connectivity index (χ2v) is 4.68. The van der Waals surface area contributed by atoms with Gasteiger partial charge in [-0.3, -0.25) is 4.79 Å². The van der Waals surface area contributed by atoms with Crippen LogP contribution in [-0.2, 0) is 0 Å². The number of aromatic amines is 1. The number of methoxy groups -OCH3 is 1. The van der Waals surface area contributed by atoms with Crippen LogP contribution in [0.1, 0.15) is 5.69 Å². The zero-order valence-electron chi connectivity index (χ0n) is 11.6. The summed E-state index contributed by atoms with van der Waals surface area (Å²) in [7, 11) is 1.54. The Morgan fingerprint density at radius 1 is 1.19 bits per heavy atom. The summed E-state index contributed by atoms with van der Waals surface area (Å²) in [4.78, 5) is 18.3. The Morgan fingerprint density at radius 3 is 2.67 bits per heavy atom. The monoisotopic (exact) mass is 284 g/mol. The van der Waals surface area contributed by atoms with Crippen LogP contribution in [0.2, 0.25) is 0 Å². The third kappa shape index (κ3) is 2.16. The lowest BCUT2D eigenvalue weighted by atomic mass is 10.0. The molecule has 0 unspecified atom stereocenters. The van der Waals surface area contributed by atoms with E-state index in [-0.39, 0.29) is 5.69 Å². The molecule has 0 aliphatic carbocycles. The Bertz CT molecular complexity index is 887. The van der Waals surface area contributed by atoms with Gasteiger partial charge in [-0.25, -0.2) is 4.98 Å². The van der Waals surface area contributed by atoms with Crippen LogP contribution in [0.4, 0.5) is 4.39 Å². The topological polar surface area (TPSA) is 55.0 Å². The molecule has 0 spiro atoms. The molecule has 0 atom stereocenters. The number of ether oxygens (including phenoxy) is 1. The quantitative estimate of drug-likeness (QED) is 0.787. The number of hydrogen-bond acceptors (Lipinski definition) is 3. The molecule has 0 aliphatic heterocycles. The van der Waals surface area contributed by atoms with Crippen LogP contribution in [0.15, 0.2) is 41.2 Å². The maximum Gasteiger partial charge on any atom is 0.287 e. The highest BCUT2D eigenvalue weighted by molar-refractivity contribution is 5.98. The molecule has 1 aromatic heterocycles. The van der Waals surface area contributed by atoms with Crippen LogP contribution in [0, 0.1) is 12.7 Å². The molecule has 1 heterocycles. The molecule has 0 aliphatic rings. The van der Waals surface area contributed by atoms with Crippen molar-refractivity contribution in [1.29, 1.82) is 0 Å². The average molecular weight is 284 g/mol. The summed E-state index contributed by atoms with van der Waals surface area (Å²) in [5.41, 5.74) is -0.0768. The summed E-state index contributed by atoms with van der Waals surface area (Å²) in [6.07, 6.45) is 0. The highest BCUT2D eigenvalue weighted by atomic mass is 19.1. The van der Waals surface area contributed by atoms with Crippen molar-refractivity contribution in [3.8, 4) is 17.1 Å². The van der Waals surface area contributed by atoms with Gasteiger partial charge in [-0.2, -0.15) is 4.39 Å². The van der Waals surface area contributed by atoms with E-state index >= 15 is 0 Å². The fourth-order valence-electron chi connectivity index (χ4n) is 2.36. The first-order chi connectivity index (χ1) is 10.1. The summed E-state index contributed by atoms with van der Waals surface area (Å²) in [6.45, 7) is 1.46. The van der Waals surface area contributed by atoms with Gasteiger partial charge in [-0.15, -0.1) is 0 Å². The van der Waals surface area contributed by atoms with Gasteiger partial charge in [0.15, 0.2) is 0 Å². The number of hydrogen-bond donors (Lipinski definition) is 1. The second kappa shape index (κ2) is 5.01. The second-order valence-electron chi connectivity index (χ2n) is 4.68. The van der Waals surface area contributed by atoms with E-state index in [0.29, 0.717) is 17.1 Å². The SMILES string of the molecule is COc1ccc2ccccc2c1-c1nc(C)c(F)c(=O)[nH]1. The molecular weight excluding hydrogens is 271 g/mol. The van der Waals surface area contributed by atoms with Gasteiger partial charge in [-0.05, 0) is 23.8 Å². The van der Waals surface area contributed by atoms with Crippen LogP contribution in [0.5, 0.6) is 5.75 Å². The lowest BCUT2D eigenvalue weighted by Gasteiger charge is -2.12. The molecule has 0 saturated heterocycles. The fraction of sp³-hybridized carbons (Fsp3) is 0.125. The standard InChI is InChI=1S/C16H13FN2O2/c1-9-14(17)16(20)19-15(18-9)13-11-6-4-3-5-10(11)7-8-12(13)21-2/h3-8H,1-2H3,(H,18,19,20). The molecule has 3 aromatic rings. The Hall–Kier alpha value is -2.69. The molecule has 0 radical (unpaired) electrons. The Labute approximate surface area is 120 Å². The van der Waals surface area contributed by atoms with E-state index in [9.17, 15) is 9.18 Å². The molecule has 4 nitrogen and oxygen atoms in total. The Morgan fingerprint density at radius 2 is 1.95 bits per heavy atom. The lowest BCUT2D eigenvalue weighted by molar-refractivity contribution is 0.416. The van der Waals surface area contributed by atoms with Crippen LogP contribution < -0.4 is 10.3 Å². The summed E-state index contributed by atoms with van der Waals surface area (Å²) in [5.74, 6) is 0.00774. The molecule has 0 amide bonds. The summed E-state index contributed by atoms with van der Waals surface area (Å²) < 4.78 is 18.8. The molecule has 106 valence electrons. The van der Waals surface area contributed by atoms with Crippen LogP contribution >= 0.6 is 0 Å². The third-order valence-corrected chi connectivity index (χ3v) is 3.38. The predicted molar refractivity (Wildman–Crippen MR) is 79.0 cm³/mol. The van der Waals surface area contributed by atoms with Crippen molar-refractivity contribution in [3.63, 3.8) is 0 Å². The number of rotatable bonds is 2. The molecule has 21 heavy (non-hydrogen) atoms. The largest absolute Gasteiger partial charge is 0.496 e. The Kier molecular flexibility index (Phi) is 3.17.